The van der Waals surface area contributed by atoms with Crippen molar-refractivity contribution in [2.75, 3.05) is 31.5 Å². The number of hydrogen-bond donors (Lipinski definition) is 1. The van der Waals surface area contributed by atoms with Crippen molar-refractivity contribution < 1.29 is 18.0 Å². The van der Waals surface area contributed by atoms with Crippen LogP contribution in [0.5, 0.6) is 0 Å². The zero-order valence-electron chi connectivity index (χ0n) is 19.8. The fraction of sp³-hybridized carbons (Fsp3) is 0.417. The van der Waals surface area contributed by atoms with Gasteiger partial charge in [-0.05, 0) is 31.0 Å². The Kier molecular flexibility index (Phi) is 9.87. The molecule has 1 unspecified atom stereocenters. The number of anilines is 1. The number of nitrogens with zero attached hydrogens (tertiary/aromatic N) is 3. The minimum atomic E-state index is -3.94. The fourth-order valence-electron chi connectivity index (χ4n) is 3.21. The van der Waals surface area contributed by atoms with Crippen LogP contribution in [0.1, 0.15) is 32.3 Å². The molecule has 0 aliphatic heterocycles. The molecule has 180 valence electrons. The maximum Gasteiger partial charge on any atom is 0.304 e. The lowest BCUT2D eigenvalue weighted by Gasteiger charge is -2.32. The molecule has 0 fully saturated rings. The van der Waals surface area contributed by atoms with Crippen LogP contribution in [0.4, 0.5) is 5.69 Å². The summed E-state index contributed by atoms with van der Waals surface area (Å²) in [6.45, 7) is 3.98. The predicted molar refractivity (Wildman–Crippen MR) is 131 cm³/mol. The van der Waals surface area contributed by atoms with Gasteiger partial charge in [0.2, 0.25) is 11.8 Å². The van der Waals surface area contributed by atoms with Gasteiger partial charge in [-0.3, -0.25) is 9.59 Å². The van der Waals surface area contributed by atoms with Gasteiger partial charge in [0.25, 0.3) is 0 Å². The first kappa shape index (κ1) is 26.3. The number of benzene rings is 2. The van der Waals surface area contributed by atoms with Crippen LogP contribution in [0.3, 0.4) is 0 Å². The second-order valence-electron chi connectivity index (χ2n) is 7.96. The summed E-state index contributed by atoms with van der Waals surface area (Å²) in [4.78, 5) is 27.7. The zero-order valence-corrected chi connectivity index (χ0v) is 20.6. The summed E-state index contributed by atoms with van der Waals surface area (Å²) in [6, 6.07) is 17.0. The highest BCUT2D eigenvalue weighted by Gasteiger charge is 2.32. The molecular formula is C24H34N4O4S. The minimum Gasteiger partial charge on any atom is -0.354 e. The molecule has 1 atom stereocenters. The third kappa shape index (κ3) is 7.30. The van der Waals surface area contributed by atoms with Crippen LogP contribution >= 0.6 is 0 Å². The molecule has 8 nitrogen and oxygen atoms in total. The van der Waals surface area contributed by atoms with E-state index < -0.39 is 28.7 Å². The quantitative estimate of drug-likeness (QED) is 0.479. The highest BCUT2D eigenvalue weighted by molar-refractivity contribution is 7.90. The molecule has 0 aliphatic rings. The fourth-order valence-corrected chi connectivity index (χ4v) is 4.27. The van der Waals surface area contributed by atoms with Crippen LogP contribution in [-0.4, -0.2) is 62.7 Å². The van der Waals surface area contributed by atoms with Crippen molar-refractivity contribution in [3.8, 4) is 0 Å². The first-order valence-corrected chi connectivity index (χ1v) is 12.4. The molecule has 0 heterocycles. The Morgan fingerprint density at radius 2 is 1.55 bits per heavy atom. The van der Waals surface area contributed by atoms with E-state index in [1.165, 1.54) is 19.0 Å². The van der Waals surface area contributed by atoms with Crippen LogP contribution in [-0.2, 0) is 26.3 Å². The molecule has 2 aromatic carbocycles. The van der Waals surface area contributed by atoms with Crippen LogP contribution in [0.25, 0.3) is 0 Å². The van der Waals surface area contributed by atoms with Crippen molar-refractivity contribution in [3.05, 3.63) is 66.2 Å². The summed E-state index contributed by atoms with van der Waals surface area (Å²) < 4.78 is 28.2. The van der Waals surface area contributed by atoms with E-state index in [4.69, 9.17) is 0 Å². The largest absolute Gasteiger partial charge is 0.354 e. The average Bonchev–Trinajstić information content (AvgIpc) is 2.81. The molecule has 0 saturated heterocycles. The van der Waals surface area contributed by atoms with E-state index in [9.17, 15) is 18.0 Å². The Labute approximate surface area is 197 Å². The van der Waals surface area contributed by atoms with Gasteiger partial charge in [0.15, 0.2) is 0 Å². The Morgan fingerprint density at radius 3 is 2.09 bits per heavy atom. The lowest BCUT2D eigenvalue weighted by atomic mass is 10.1. The molecular weight excluding hydrogens is 440 g/mol. The first-order chi connectivity index (χ1) is 15.7. The topological polar surface area (TPSA) is 90.0 Å². The molecule has 33 heavy (non-hydrogen) atoms. The van der Waals surface area contributed by atoms with Gasteiger partial charge in [0.1, 0.15) is 12.6 Å². The lowest BCUT2D eigenvalue weighted by Crippen LogP contribution is -2.52. The van der Waals surface area contributed by atoms with Crippen molar-refractivity contribution in [3.63, 3.8) is 0 Å². The molecule has 2 aromatic rings. The number of carbonyl (C=O) groups excluding carboxylic acids is 2. The summed E-state index contributed by atoms with van der Waals surface area (Å²) in [6.07, 6.45) is 1.78. The number of para-hydroxylation sites is 1. The molecule has 0 radical (unpaired) electrons. The van der Waals surface area contributed by atoms with Crippen molar-refractivity contribution in [2.24, 2.45) is 0 Å². The van der Waals surface area contributed by atoms with Gasteiger partial charge in [-0.1, -0.05) is 61.9 Å². The molecule has 2 rings (SSSR count). The van der Waals surface area contributed by atoms with Gasteiger partial charge in [0, 0.05) is 27.2 Å². The van der Waals surface area contributed by atoms with Crippen LogP contribution in [0, 0.1) is 0 Å². The number of nitrogens with one attached hydrogen (secondary N) is 1. The van der Waals surface area contributed by atoms with Crippen molar-refractivity contribution in [2.45, 2.75) is 39.3 Å². The number of amides is 2. The lowest BCUT2D eigenvalue weighted by molar-refractivity contribution is -0.139. The van der Waals surface area contributed by atoms with Gasteiger partial charge in [-0.25, -0.2) is 4.31 Å². The highest BCUT2D eigenvalue weighted by Crippen LogP contribution is 2.20. The second-order valence-corrected chi connectivity index (χ2v) is 10.0. The van der Waals surface area contributed by atoms with E-state index in [0.29, 0.717) is 12.2 Å². The van der Waals surface area contributed by atoms with E-state index in [-0.39, 0.29) is 12.5 Å². The predicted octanol–water partition coefficient (Wildman–Crippen LogP) is 2.63. The molecule has 0 saturated carbocycles. The minimum absolute atomic E-state index is 0.187. The standard InChI is InChI=1S/C24H34N4O4S/c1-5-6-17-25-24(30)20(2)27(18-21-13-9-7-10-14-21)23(29)19-28(33(31,32)26(3)4)22-15-11-8-12-16-22/h7-16,20H,5-6,17-19H2,1-4H3,(H,25,30). The monoisotopic (exact) mass is 474 g/mol. The summed E-state index contributed by atoms with van der Waals surface area (Å²) in [5.74, 6) is -0.735. The number of rotatable bonds is 12. The van der Waals surface area contributed by atoms with E-state index in [1.54, 1.807) is 37.3 Å². The highest BCUT2D eigenvalue weighted by atomic mass is 32.2. The van der Waals surface area contributed by atoms with E-state index in [1.807, 2.05) is 37.3 Å². The van der Waals surface area contributed by atoms with Crippen molar-refractivity contribution in [1.82, 2.24) is 14.5 Å². The molecule has 0 spiro atoms. The number of carbonyl (C=O) groups is 2. The van der Waals surface area contributed by atoms with Gasteiger partial charge < -0.3 is 10.2 Å². The third-order valence-corrected chi connectivity index (χ3v) is 7.08. The molecule has 1 N–H and O–H groups in total. The maximum atomic E-state index is 13.5. The normalized spacial score (nSPS) is 12.3. The average molecular weight is 475 g/mol. The molecule has 0 aliphatic carbocycles. The Hall–Kier alpha value is -2.91. The van der Waals surface area contributed by atoms with Crippen LogP contribution < -0.4 is 9.62 Å². The summed E-state index contributed by atoms with van der Waals surface area (Å²) in [5, 5.41) is 2.87. The van der Waals surface area contributed by atoms with Crippen molar-refractivity contribution >= 4 is 27.7 Å². The van der Waals surface area contributed by atoms with Gasteiger partial charge >= 0.3 is 10.2 Å². The van der Waals surface area contributed by atoms with Gasteiger partial charge in [-0.15, -0.1) is 0 Å². The Morgan fingerprint density at radius 1 is 0.970 bits per heavy atom. The smallest absolute Gasteiger partial charge is 0.304 e. The second kappa shape index (κ2) is 12.4. The molecule has 0 aromatic heterocycles. The molecule has 2 amide bonds. The van der Waals surface area contributed by atoms with Crippen LogP contribution in [0.2, 0.25) is 0 Å². The summed E-state index contributed by atoms with van der Waals surface area (Å²) >= 11 is 0. The van der Waals surface area contributed by atoms with Gasteiger partial charge in [0.05, 0.1) is 5.69 Å². The third-order valence-electron chi connectivity index (χ3n) is 5.26. The number of hydrogen-bond acceptors (Lipinski definition) is 4. The SMILES string of the molecule is CCCCNC(=O)C(C)N(Cc1ccccc1)C(=O)CN(c1ccccc1)S(=O)(=O)N(C)C. The Balaban J connectivity index is 2.35. The van der Waals surface area contributed by atoms with E-state index in [0.717, 1.165) is 27.0 Å². The van der Waals surface area contributed by atoms with Crippen LogP contribution in [0.15, 0.2) is 60.7 Å². The molecule has 9 heteroatoms. The zero-order chi connectivity index (χ0) is 24.4. The summed E-state index contributed by atoms with van der Waals surface area (Å²) in [5.41, 5.74) is 1.22. The van der Waals surface area contributed by atoms with Gasteiger partial charge in [-0.2, -0.15) is 12.7 Å². The number of unbranched alkanes of at least 4 members (excludes halogenated alkanes) is 1. The van der Waals surface area contributed by atoms with E-state index >= 15 is 0 Å². The Bertz CT molecular complexity index is 998. The molecule has 0 bridgehead atoms. The maximum absolute atomic E-state index is 13.5. The van der Waals surface area contributed by atoms with Crippen molar-refractivity contribution in [1.29, 1.82) is 0 Å². The first-order valence-electron chi connectivity index (χ1n) is 11.0. The summed E-state index contributed by atoms with van der Waals surface area (Å²) in [7, 11) is -1.10. The van der Waals surface area contributed by atoms with E-state index in [2.05, 4.69) is 5.32 Å².